The summed E-state index contributed by atoms with van der Waals surface area (Å²) in [6.07, 6.45) is 8.06. The zero-order valence-corrected chi connectivity index (χ0v) is 17.1. The molecule has 4 nitrogen and oxygen atoms in total. The summed E-state index contributed by atoms with van der Waals surface area (Å²) < 4.78 is 6.10. The van der Waals surface area contributed by atoms with Crippen LogP contribution in [-0.4, -0.2) is 36.6 Å². The number of anilines is 1. The standard InChI is InChI=1S/C25H30N2O2/c1-20(28)26-23-11-9-22(10-12-23)18-27-16-15-25(19-27,24-8-5-17-29-24)14-13-21-6-3-2-4-7-21/h2-12,24H,13-19H2,1H3,(H,26,28)/t24-,25?/m0/s1. The van der Waals surface area contributed by atoms with Gasteiger partial charge in [-0.25, -0.2) is 0 Å². The average Bonchev–Trinajstić information content (AvgIpc) is 3.40. The minimum absolute atomic E-state index is 0.0369. The number of aryl methyl sites for hydroxylation is 1. The van der Waals surface area contributed by atoms with Crippen LogP contribution in [0.4, 0.5) is 5.69 Å². The highest BCUT2D eigenvalue weighted by Gasteiger charge is 2.44. The number of nitrogens with one attached hydrogen (secondary N) is 1. The van der Waals surface area contributed by atoms with Crippen molar-refractivity contribution in [2.75, 3.05) is 25.0 Å². The lowest BCUT2D eigenvalue weighted by Gasteiger charge is -2.34. The minimum atomic E-state index is -0.0369. The second-order valence-corrected chi connectivity index (χ2v) is 8.37. The van der Waals surface area contributed by atoms with Gasteiger partial charge in [-0.3, -0.25) is 9.69 Å². The first-order valence-corrected chi connectivity index (χ1v) is 10.5. The molecule has 0 saturated carbocycles. The summed E-state index contributed by atoms with van der Waals surface area (Å²) in [5.41, 5.74) is 3.71. The Morgan fingerprint density at radius 3 is 2.62 bits per heavy atom. The largest absolute Gasteiger partial charge is 0.369 e. The molecule has 2 aromatic rings. The molecule has 1 saturated heterocycles. The summed E-state index contributed by atoms with van der Waals surface area (Å²) in [6, 6.07) is 19.0. The van der Waals surface area contributed by atoms with Crippen LogP contribution in [0, 0.1) is 5.41 Å². The summed E-state index contributed by atoms with van der Waals surface area (Å²) in [6.45, 7) is 5.36. The van der Waals surface area contributed by atoms with E-state index in [9.17, 15) is 4.79 Å². The summed E-state index contributed by atoms with van der Waals surface area (Å²) in [5.74, 6) is -0.0369. The molecule has 0 aromatic heterocycles. The zero-order valence-electron chi connectivity index (χ0n) is 17.1. The van der Waals surface area contributed by atoms with Gasteiger partial charge in [-0.05, 0) is 49.1 Å². The molecule has 2 aromatic carbocycles. The van der Waals surface area contributed by atoms with Gasteiger partial charge < -0.3 is 10.1 Å². The van der Waals surface area contributed by atoms with Gasteiger partial charge in [0.1, 0.15) is 0 Å². The molecule has 29 heavy (non-hydrogen) atoms. The molecule has 2 aliphatic heterocycles. The molecule has 0 bridgehead atoms. The van der Waals surface area contributed by atoms with E-state index < -0.39 is 0 Å². The van der Waals surface area contributed by atoms with Gasteiger partial charge in [0.15, 0.2) is 0 Å². The van der Waals surface area contributed by atoms with Crippen LogP contribution in [0.1, 0.15) is 30.9 Å². The highest BCUT2D eigenvalue weighted by Crippen LogP contribution is 2.42. The molecule has 0 spiro atoms. The molecule has 4 heteroatoms. The quantitative estimate of drug-likeness (QED) is 0.712. The third kappa shape index (κ3) is 4.95. The van der Waals surface area contributed by atoms with Gasteiger partial charge >= 0.3 is 0 Å². The first-order chi connectivity index (χ1) is 14.1. The van der Waals surface area contributed by atoms with E-state index in [1.165, 1.54) is 24.5 Å². The number of carbonyl (C=O) groups excluding carboxylic acids is 1. The van der Waals surface area contributed by atoms with E-state index in [0.717, 1.165) is 44.8 Å². The van der Waals surface area contributed by atoms with E-state index in [0.29, 0.717) is 0 Å². The summed E-state index contributed by atoms with van der Waals surface area (Å²) in [4.78, 5) is 13.8. The van der Waals surface area contributed by atoms with Crippen LogP contribution < -0.4 is 5.32 Å². The van der Waals surface area contributed by atoms with Crippen molar-refractivity contribution >= 4 is 11.6 Å². The highest BCUT2D eigenvalue weighted by molar-refractivity contribution is 5.88. The summed E-state index contributed by atoms with van der Waals surface area (Å²) in [7, 11) is 0. The summed E-state index contributed by atoms with van der Waals surface area (Å²) >= 11 is 0. The fraction of sp³-hybridized carbons (Fsp3) is 0.400. The second-order valence-electron chi connectivity index (χ2n) is 8.37. The van der Waals surface area contributed by atoms with Crippen molar-refractivity contribution in [3.05, 3.63) is 77.9 Å². The molecular weight excluding hydrogens is 360 g/mol. The van der Waals surface area contributed by atoms with E-state index in [1.54, 1.807) is 0 Å². The first-order valence-electron chi connectivity index (χ1n) is 10.5. The molecule has 0 radical (unpaired) electrons. The molecule has 152 valence electrons. The molecular formula is C25H30N2O2. The lowest BCUT2D eigenvalue weighted by molar-refractivity contribution is -0.114. The van der Waals surface area contributed by atoms with Gasteiger partial charge in [0, 0.05) is 31.1 Å². The number of hydrogen-bond acceptors (Lipinski definition) is 3. The van der Waals surface area contributed by atoms with Crippen LogP contribution in [0.3, 0.4) is 0 Å². The number of hydrogen-bond donors (Lipinski definition) is 1. The average molecular weight is 391 g/mol. The lowest BCUT2D eigenvalue weighted by atomic mass is 9.76. The molecule has 1 fully saturated rings. The fourth-order valence-electron chi connectivity index (χ4n) is 4.67. The van der Waals surface area contributed by atoms with Crippen molar-refractivity contribution in [3.8, 4) is 0 Å². The molecule has 2 aliphatic rings. The monoisotopic (exact) mass is 390 g/mol. The maximum absolute atomic E-state index is 11.2. The van der Waals surface area contributed by atoms with Gasteiger partial charge in [0.05, 0.1) is 12.7 Å². The van der Waals surface area contributed by atoms with Crippen molar-refractivity contribution < 1.29 is 9.53 Å². The molecule has 2 atom stereocenters. The van der Waals surface area contributed by atoms with Crippen LogP contribution in [-0.2, 0) is 22.5 Å². The Hall–Kier alpha value is -2.43. The first kappa shape index (κ1) is 19.9. The van der Waals surface area contributed by atoms with E-state index in [-0.39, 0.29) is 17.4 Å². The van der Waals surface area contributed by atoms with Crippen molar-refractivity contribution in [2.45, 2.75) is 38.8 Å². The SMILES string of the molecule is CC(=O)Nc1ccc(CN2CCC(CCc3ccccc3)([C@@H]3C=CCO3)C2)cc1. The summed E-state index contributed by atoms with van der Waals surface area (Å²) in [5, 5.41) is 2.83. The van der Waals surface area contributed by atoms with Crippen LogP contribution >= 0.6 is 0 Å². The Balaban J connectivity index is 1.41. The van der Waals surface area contributed by atoms with Gasteiger partial charge in [-0.15, -0.1) is 0 Å². The Morgan fingerprint density at radius 2 is 1.93 bits per heavy atom. The Labute approximate surface area is 173 Å². The van der Waals surface area contributed by atoms with E-state index in [2.05, 4.69) is 64.8 Å². The predicted octanol–water partition coefficient (Wildman–Crippen LogP) is 4.42. The molecule has 2 heterocycles. The number of likely N-dealkylation sites (tertiary alicyclic amines) is 1. The fourth-order valence-corrected chi connectivity index (χ4v) is 4.67. The number of rotatable bonds is 7. The smallest absolute Gasteiger partial charge is 0.221 e. The Morgan fingerprint density at radius 1 is 1.14 bits per heavy atom. The Bertz CT molecular complexity index is 847. The Kier molecular flexibility index (Phi) is 6.12. The van der Waals surface area contributed by atoms with Crippen LogP contribution in [0.15, 0.2) is 66.7 Å². The number of amides is 1. The van der Waals surface area contributed by atoms with Gasteiger partial charge in [-0.1, -0.05) is 54.6 Å². The maximum Gasteiger partial charge on any atom is 0.221 e. The molecule has 0 aliphatic carbocycles. The van der Waals surface area contributed by atoms with Crippen LogP contribution in [0.5, 0.6) is 0 Å². The zero-order chi connectivity index (χ0) is 20.1. The number of carbonyl (C=O) groups is 1. The second kappa shape index (κ2) is 8.93. The third-order valence-corrected chi connectivity index (χ3v) is 6.19. The molecule has 4 rings (SSSR count). The molecule has 1 unspecified atom stereocenters. The van der Waals surface area contributed by atoms with Crippen molar-refractivity contribution in [3.63, 3.8) is 0 Å². The van der Waals surface area contributed by atoms with Crippen LogP contribution in [0.25, 0.3) is 0 Å². The van der Waals surface area contributed by atoms with Gasteiger partial charge in [0.2, 0.25) is 5.91 Å². The van der Waals surface area contributed by atoms with E-state index in [1.807, 2.05) is 12.1 Å². The number of nitrogens with zero attached hydrogens (tertiary/aromatic N) is 1. The highest BCUT2D eigenvalue weighted by atomic mass is 16.5. The number of benzene rings is 2. The molecule has 1 amide bonds. The third-order valence-electron chi connectivity index (χ3n) is 6.19. The predicted molar refractivity (Wildman–Crippen MR) is 117 cm³/mol. The van der Waals surface area contributed by atoms with Crippen LogP contribution in [0.2, 0.25) is 0 Å². The van der Waals surface area contributed by atoms with Crippen molar-refractivity contribution in [2.24, 2.45) is 5.41 Å². The minimum Gasteiger partial charge on any atom is -0.369 e. The topological polar surface area (TPSA) is 41.6 Å². The van der Waals surface area contributed by atoms with Crippen molar-refractivity contribution in [1.82, 2.24) is 4.90 Å². The van der Waals surface area contributed by atoms with E-state index in [4.69, 9.17) is 4.74 Å². The number of ether oxygens (including phenoxy) is 1. The van der Waals surface area contributed by atoms with E-state index >= 15 is 0 Å². The van der Waals surface area contributed by atoms with Gasteiger partial charge in [0.25, 0.3) is 0 Å². The van der Waals surface area contributed by atoms with Gasteiger partial charge in [-0.2, -0.15) is 0 Å². The molecule has 1 N–H and O–H groups in total. The normalized spacial score (nSPS) is 24.1. The van der Waals surface area contributed by atoms with Crippen molar-refractivity contribution in [1.29, 1.82) is 0 Å². The lowest BCUT2D eigenvalue weighted by Crippen LogP contribution is -2.38. The maximum atomic E-state index is 11.2.